The molecule has 0 atom stereocenters. The summed E-state index contributed by atoms with van der Waals surface area (Å²) in [5.41, 5.74) is 1.31. The van der Waals surface area contributed by atoms with Gasteiger partial charge in [0.25, 0.3) is 5.91 Å². The minimum Gasteiger partial charge on any atom is -0.383 e. The number of amides is 2. The predicted molar refractivity (Wildman–Crippen MR) is 94.6 cm³/mol. The maximum absolute atomic E-state index is 12.3. The van der Waals surface area contributed by atoms with E-state index in [1.807, 2.05) is 30.3 Å². The first-order valence-electron chi connectivity index (χ1n) is 8.56. The number of carbonyl (C=O) groups is 2. The fraction of sp³-hybridized carbons (Fsp3) is 0.444. The Labute approximate surface area is 152 Å². The predicted octanol–water partition coefficient (Wildman–Crippen LogP) is 0.623. The zero-order chi connectivity index (χ0) is 18.5. The van der Waals surface area contributed by atoms with Crippen molar-refractivity contribution in [2.45, 2.75) is 12.5 Å². The van der Waals surface area contributed by atoms with Gasteiger partial charge in [-0.3, -0.25) is 9.59 Å². The highest BCUT2D eigenvalue weighted by atomic mass is 16.5. The summed E-state index contributed by atoms with van der Waals surface area (Å²) in [7, 11) is 3.30. The van der Waals surface area contributed by atoms with Crippen LogP contribution in [0.25, 0.3) is 0 Å². The largest absolute Gasteiger partial charge is 0.383 e. The van der Waals surface area contributed by atoms with Gasteiger partial charge in [0.1, 0.15) is 0 Å². The summed E-state index contributed by atoms with van der Waals surface area (Å²) in [5, 5.41) is 8.01. The van der Waals surface area contributed by atoms with E-state index in [1.165, 1.54) is 0 Å². The molecule has 8 nitrogen and oxygen atoms in total. The second-order valence-corrected chi connectivity index (χ2v) is 6.42. The van der Waals surface area contributed by atoms with Gasteiger partial charge < -0.3 is 14.5 Å². The van der Waals surface area contributed by atoms with Crippen molar-refractivity contribution in [3.05, 3.63) is 47.8 Å². The van der Waals surface area contributed by atoms with Crippen LogP contribution in [0.3, 0.4) is 0 Å². The number of hydrogen-bond acceptors (Lipinski definition) is 5. The number of likely N-dealkylation sites (N-methyl/N-ethyl adjacent to an activating group) is 1. The molecule has 0 radical (unpaired) electrons. The molecule has 0 aliphatic carbocycles. The van der Waals surface area contributed by atoms with Gasteiger partial charge >= 0.3 is 0 Å². The first-order chi connectivity index (χ1) is 12.6. The molecule has 1 fully saturated rings. The van der Waals surface area contributed by atoms with Crippen LogP contribution in [-0.2, 0) is 16.0 Å². The molecular formula is C18H23N5O3. The molecule has 1 saturated heterocycles. The molecule has 3 rings (SSSR count). The number of rotatable bonds is 7. The van der Waals surface area contributed by atoms with Gasteiger partial charge in [0.2, 0.25) is 5.91 Å². The topological polar surface area (TPSA) is 80.6 Å². The summed E-state index contributed by atoms with van der Waals surface area (Å²) in [5.74, 6) is -0.0900. The quantitative estimate of drug-likeness (QED) is 0.726. The Kier molecular flexibility index (Phi) is 5.62. The van der Waals surface area contributed by atoms with E-state index < -0.39 is 0 Å². The molecule has 0 N–H and O–H groups in total. The number of nitrogens with zero attached hydrogens (tertiary/aromatic N) is 5. The third-order valence-electron chi connectivity index (χ3n) is 4.49. The highest BCUT2D eigenvalue weighted by Crippen LogP contribution is 2.21. The van der Waals surface area contributed by atoms with Gasteiger partial charge in [-0.15, -0.1) is 5.10 Å². The number of carbonyl (C=O) groups excluding carboxylic acids is 2. The van der Waals surface area contributed by atoms with Crippen molar-refractivity contribution in [1.29, 1.82) is 0 Å². The van der Waals surface area contributed by atoms with E-state index >= 15 is 0 Å². The van der Waals surface area contributed by atoms with Crippen LogP contribution in [0, 0.1) is 0 Å². The number of ether oxygens (including phenoxy) is 1. The van der Waals surface area contributed by atoms with Gasteiger partial charge in [0, 0.05) is 33.8 Å². The normalized spacial score (nSPS) is 14.2. The molecule has 0 unspecified atom stereocenters. The van der Waals surface area contributed by atoms with Crippen molar-refractivity contribution in [1.82, 2.24) is 24.8 Å². The monoisotopic (exact) mass is 357 g/mol. The number of aromatic nitrogens is 3. The van der Waals surface area contributed by atoms with Gasteiger partial charge in [-0.05, 0) is 5.56 Å². The number of hydrogen-bond donors (Lipinski definition) is 0. The van der Waals surface area contributed by atoms with Crippen LogP contribution < -0.4 is 0 Å². The molecule has 2 heterocycles. The molecule has 138 valence electrons. The molecule has 1 aromatic heterocycles. The molecule has 8 heteroatoms. The summed E-state index contributed by atoms with van der Waals surface area (Å²) in [6.07, 6.45) is 2.05. The summed E-state index contributed by atoms with van der Waals surface area (Å²) in [6.45, 7) is 2.13. The molecule has 1 aromatic carbocycles. The van der Waals surface area contributed by atoms with Gasteiger partial charge in [0.05, 0.1) is 25.3 Å². The maximum atomic E-state index is 12.3. The third-order valence-corrected chi connectivity index (χ3v) is 4.49. The highest BCUT2D eigenvalue weighted by Gasteiger charge is 2.33. The Balaban J connectivity index is 1.51. The van der Waals surface area contributed by atoms with Crippen LogP contribution in [0.15, 0.2) is 36.5 Å². The molecular weight excluding hydrogens is 334 g/mol. The molecule has 2 aromatic rings. The van der Waals surface area contributed by atoms with Gasteiger partial charge in [-0.2, -0.15) is 0 Å². The number of benzene rings is 1. The smallest absolute Gasteiger partial charge is 0.275 e. The Morgan fingerprint density at radius 3 is 2.69 bits per heavy atom. The number of likely N-dealkylation sites (tertiary alicyclic amines) is 1. The van der Waals surface area contributed by atoms with Crippen molar-refractivity contribution in [2.75, 3.05) is 40.4 Å². The minimum absolute atomic E-state index is 0.0630. The molecule has 0 saturated carbocycles. The van der Waals surface area contributed by atoms with Crippen molar-refractivity contribution < 1.29 is 14.3 Å². The second kappa shape index (κ2) is 8.09. The summed E-state index contributed by atoms with van der Waals surface area (Å²) in [6, 6.07) is 9.75. The zero-order valence-electron chi connectivity index (χ0n) is 15.0. The average Bonchev–Trinajstić information content (AvgIpc) is 3.08. The van der Waals surface area contributed by atoms with Gasteiger partial charge in [0.15, 0.2) is 5.69 Å². The second-order valence-electron chi connectivity index (χ2n) is 6.42. The molecule has 0 bridgehead atoms. The first-order valence-corrected chi connectivity index (χ1v) is 8.56. The first kappa shape index (κ1) is 18.1. The van der Waals surface area contributed by atoms with Crippen molar-refractivity contribution in [3.63, 3.8) is 0 Å². The molecule has 26 heavy (non-hydrogen) atoms. The zero-order valence-corrected chi connectivity index (χ0v) is 15.0. The van der Waals surface area contributed by atoms with Crippen LogP contribution in [0.4, 0.5) is 0 Å². The number of methoxy groups -OCH3 is 1. The Bertz CT molecular complexity index is 755. The summed E-state index contributed by atoms with van der Waals surface area (Å²) in [4.78, 5) is 27.9. The summed E-state index contributed by atoms with van der Waals surface area (Å²) >= 11 is 0. The van der Waals surface area contributed by atoms with Crippen LogP contribution in [0.1, 0.15) is 22.1 Å². The Morgan fingerprint density at radius 1 is 1.27 bits per heavy atom. The van der Waals surface area contributed by atoms with E-state index in [9.17, 15) is 9.59 Å². The molecule has 0 spiro atoms. The van der Waals surface area contributed by atoms with Crippen LogP contribution in [-0.4, -0.2) is 77.0 Å². The third kappa shape index (κ3) is 4.08. The minimum atomic E-state index is -0.190. The van der Waals surface area contributed by atoms with E-state index in [2.05, 4.69) is 10.3 Å². The van der Waals surface area contributed by atoms with E-state index in [1.54, 1.807) is 34.8 Å². The van der Waals surface area contributed by atoms with E-state index in [0.29, 0.717) is 38.4 Å². The van der Waals surface area contributed by atoms with E-state index in [-0.39, 0.29) is 17.9 Å². The summed E-state index contributed by atoms with van der Waals surface area (Å²) < 4.78 is 6.64. The average molecular weight is 357 g/mol. The standard InChI is InChI=1S/C18H23N5O3/c1-21(8-9-26-2)18(25)16-13-23(20-19-16)15-11-22(12-15)17(24)10-14-6-4-3-5-7-14/h3-7,13,15H,8-12H2,1-2H3. The van der Waals surface area contributed by atoms with Gasteiger partial charge in [-0.1, -0.05) is 35.5 Å². The lowest BCUT2D eigenvalue weighted by molar-refractivity contribution is -0.136. The van der Waals surface area contributed by atoms with Crippen LogP contribution in [0.2, 0.25) is 0 Å². The van der Waals surface area contributed by atoms with Crippen LogP contribution in [0.5, 0.6) is 0 Å². The fourth-order valence-electron chi connectivity index (χ4n) is 2.79. The molecule has 1 aliphatic rings. The molecule has 1 aliphatic heterocycles. The SMILES string of the molecule is COCCN(C)C(=O)c1cn(C2CN(C(=O)Cc3ccccc3)C2)nn1. The highest BCUT2D eigenvalue weighted by molar-refractivity contribution is 5.91. The Hall–Kier alpha value is -2.74. The van der Waals surface area contributed by atoms with Crippen molar-refractivity contribution in [3.8, 4) is 0 Å². The lowest BCUT2D eigenvalue weighted by Gasteiger charge is -2.39. The Morgan fingerprint density at radius 2 is 2.00 bits per heavy atom. The van der Waals surface area contributed by atoms with Gasteiger partial charge in [-0.25, -0.2) is 4.68 Å². The van der Waals surface area contributed by atoms with Crippen molar-refractivity contribution in [2.24, 2.45) is 0 Å². The fourth-order valence-corrected chi connectivity index (χ4v) is 2.79. The lowest BCUT2D eigenvalue weighted by atomic mass is 10.1. The maximum Gasteiger partial charge on any atom is 0.275 e. The van der Waals surface area contributed by atoms with Crippen LogP contribution >= 0.6 is 0 Å². The lowest BCUT2D eigenvalue weighted by Crippen LogP contribution is -2.51. The van der Waals surface area contributed by atoms with E-state index in [4.69, 9.17) is 4.74 Å². The van der Waals surface area contributed by atoms with E-state index in [0.717, 1.165) is 5.56 Å². The molecule has 2 amide bonds. The van der Waals surface area contributed by atoms with Crippen molar-refractivity contribution >= 4 is 11.8 Å².